The zero-order valence-corrected chi connectivity index (χ0v) is 9.40. The van der Waals surface area contributed by atoms with Crippen LogP contribution in [0.25, 0.3) is 0 Å². The van der Waals surface area contributed by atoms with Crippen molar-refractivity contribution in [2.45, 2.75) is 25.7 Å². The highest BCUT2D eigenvalue weighted by atomic mass is 16.3. The van der Waals surface area contributed by atoms with Gasteiger partial charge in [0.2, 0.25) is 0 Å². The summed E-state index contributed by atoms with van der Waals surface area (Å²) in [4.78, 5) is 2.15. The minimum atomic E-state index is 0.200. The molecule has 0 saturated heterocycles. The molecule has 1 aliphatic rings. The molecule has 1 aliphatic heterocycles. The van der Waals surface area contributed by atoms with Crippen molar-refractivity contribution in [3.8, 4) is 0 Å². The molecule has 15 heavy (non-hydrogen) atoms. The molecule has 1 N–H and O–H groups in total. The second kappa shape index (κ2) is 3.86. The molecule has 2 nitrogen and oxygen atoms in total. The average Bonchev–Trinajstić information content (AvgIpc) is 2.23. The Morgan fingerprint density at radius 1 is 1.33 bits per heavy atom. The van der Waals surface area contributed by atoms with E-state index >= 15 is 0 Å². The summed E-state index contributed by atoms with van der Waals surface area (Å²) in [6.45, 7) is 7.61. The van der Waals surface area contributed by atoms with Gasteiger partial charge in [0.15, 0.2) is 0 Å². The Bertz CT molecular complexity index is 346. The third-order valence-electron chi connectivity index (χ3n) is 3.11. The molecule has 0 aromatic heterocycles. The molecule has 0 spiro atoms. The van der Waals surface area contributed by atoms with E-state index in [0.29, 0.717) is 6.54 Å². The molecule has 0 atom stereocenters. The summed E-state index contributed by atoms with van der Waals surface area (Å²) in [5.74, 6) is 0. The predicted molar refractivity (Wildman–Crippen MR) is 62.8 cm³/mol. The molecule has 0 bridgehead atoms. The van der Waals surface area contributed by atoms with Crippen LogP contribution in [0.3, 0.4) is 0 Å². The van der Waals surface area contributed by atoms with E-state index < -0.39 is 0 Å². The number of aliphatic hydroxyl groups excluding tert-OH is 1. The van der Waals surface area contributed by atoms with Crippen molar-refractivity contribution in [2.24, 2.45) is 0 Å². The van der Waals surface area contributed by atoms with Crippen LogP contribution in [0.15, 0.2) is 24.3 Å². The Morgan fingerprint density at radius 3 is 2.80 bits per heavy atom. The van der Waals surface area contributed by atoms with Crippen molar-refractivity contribution in [1.82, 2.24) is 0 Å². The molecular weight excluding hydrogens is 186 g/mol. The number of anilines is 1. The monoisotopic (exact) mass is 204 g/mol. The van der Waals surface area contributed by atoms with E-state index in [9.17, 15) is 0 Å². The van der Waals surface area contributed by atoms with Gasteiger partial charge in [-0.15, -0.1) is 0 Å². The van der Waals surface area contributed by atoms with Crippen LogP contribution in [0.2, 0.25) is 0 Å². The molecule has 1 aromatic carbocycles. The van der Waals surface area contributed by atoms with Gasteiger partial charge in [0.1, 0.15) is 0 Å². The van der Waals surface area contributed by atoms with Gasteiger partial charge in [-0.25, -0.2) is 0 Å². The van der Waals surface area contributed by atoms with Crippen LogP contribution in [0, 0.1) is 6.54 Å². The normalized spacial score (nSPS) is 18.7. The predicted octanol–water partition coefficient (Wildman–Crippen LogP) is 2.33. The minimum absolute atomic E-state index is 0.200. The third kappa shape index (κ3) is 1.86. The van der Waals surface area contributed by atoms with Crippen molar-refractivity contribution in [1.29, 1.82) is 0 Å². The molecule has 0 unspecified atom stereocenters. The van der Waals surface area contributed by atoms with Gasteiger partial charge in [-0.1, -0.05) is 32.0 Å². The largest absolute Gasteiger partial charge is 0.395 e. The van der Waals surface area contributed by atoms with Gasteiger partial charge < -0.3 is 10.0 Å². The molecule has 2 rings (SSSR count). The van der Waals surface area contributed by atoms with Gasteiger partial charge in [-0.05, 0) is 23.5 Å². The van der Waals surface area contributed by atoms with Gasteiger partial charge in [0.05, 0.1) is 13.2 Å². The lowest BCUT2D eigenvalue weighted by Gasteiger charge is -2.39. The van der Waals surface area contributed by atoms with Crippen LogP contribution in [0.5, 0.6) is 0 Å². The Morgan fingerprint density at radius 2 is 2.07 bits per heavy atom. The average molecular weight is 204 g/mol. The molecule has 1 heterocycles. The lowest BCUT2D eigenvalue weighted by atomic mass is 9.78. The molecular formula is C13H18NO. The second-order valence-electron chi connectivity index (χ2n) is 4.70. The number of hydrogen-bond acceptors (Lipinski definition) is 2. The third-order valence-corrected chi connectivity index (χ3v) is 3.11. The summed E-state index contributed by atoms with van der Waals surface area (Å²) in [7, 11) is 0. The van der Waals surface area contributed by atoms with Crippen molar-refractivity contribution < 1.29 is 5.11 Å². The minimum Gasteiger partial charge on any atom is -0.395 e. The standard InChI is InChI=1S/C13H18NO/c1-13(2)7-8-14(9-10-15)12-6-4-3-5-11(12)13/h3-6,8,15H,7,9-10H2,1-2H3. The van der Waals surface area contributed by atoms with Crippen molar-refractivity contribution in [3.63, 3.8) is 0 Å². The summed E-state index contributed by atoms with van der Waals surface area (Å²) < 4.78 is 0. The van der Waals surface area contributed by atoms with Crippen molar-refractivity contribution >= 4 is 5.69 Å². The van der Waals surface area contributed by atoms with Crippen LogP contribution in [-0.4, -0.2) is 18.3 Å². The summed E-state index contributed by atoms with van der Waals surface area (Å²) in [5.41, 5.74) is 2.83. The smallest absolute Gasteiger partial charge is 0.0606 e. The fourth-order valence-electron chi connectivity index (χ4n) is 2.16. The number of nitrogens with zero attached hydrogens (tertiary/aromatic N) is 1. The SMILES string of the molecule is CC1(C)C[CH]N(CCO)c2ccccc21. The first-order valence-corrected chi connectivity index (χ1v) is 5.45. The van der Waals surface area contributed by atoms with Crippen LogP contribution >= 0.6 is 0 Å². The topological polar surface area (TPSA) is 23.5 Å². The number of para-hydroxylation sites is 1. The first-order chi connectivity index (χ1) is 7.15. The van der Waals surface area contributed by atoms with Crippen LogP contribution < -0.4 is 4.90 Å². The quantitative estimate of drug-likeness (QED) is 0.799. The van der Waals surface area contributed by atoms with Crippen molar-refractivity contribution in [2.75, 3.05) is 18.1 Å². The fourth-order valence-corrected chi connectivity index (χ4v) is 2.16. The number of β-amino-alcohol motifs (C(OH)–C–C–N with tert-alkyl or cyclic N) is 1. The maximum absolute atomic E-state index is 9.01. The first kappa shape index (κ1) is 10.5. The Kier molecular flexibility index (Phi) is 2.70. The van der Waals surface area contributed by atoms with E-state index in [2.05, 4.69) is 49.6 Å². The van der Waals surface area contributed by atoms with Gasteiger partial charge in [-0.3, -0.25) is 0 Å². The number of hydrogen-bond donors (Lipinski definition) is 1. The summed E-state index contributed by atoms with van der Waals surface area (Å²) >= 11 is 0. The molecule has 2 heteroatoms. The molecule has 81 valence electrons. The molecule has 1 aromatic rings. The fraction of sp³-hybridized carbons (Fsp3) is 0.462. The molecule has 1 radical (unpaired) electrons. The number of rotatable bonds is 2. The highest BCUT2D eigenvalue weighted by Gasteiger charge is 2.30. The number of benzene rings is 1. The van der Waals surface area contributed by atoms with E-state index in [1.807, 2.05) is 0 Å². The van der Waals surface area contributed by atoms with Gasteiger partial charge in [-0.2, -0.15) is 0 Å². The second-order valence-corrected chi connectivity index (χ2v) is 4.70. The number of fused-ring (bicyclic) bond motifs is 1. The lowest BCUT2D eigenvalue weighted by molar-refractivity contribution is 0.301. The maximum Gasteiger partial charge on any atom is 0.0606 e. The van der Waals surface area contributed by atoms with Crippen LogP contribution in [-0.2, 0) is 5.41 Å². The Labute approximate surface area is 91.5 Å². The van der Waals surface area contributed by atoms with Gasteiger partial charge >= 0.3 is 0 Å². The van der Waals surface area contributed by atoms with E-state index in [0.717, 1.165) is 6.42 Å². The highest BCUT2D eigenvalue weighted by molar-refractivity contribution is 5.60. The summed E-state index contributed by atoms with van der Waals surface area (Å²) in [6.07, 6.45) is 1.03. The maximum atomic E-state index is 9.01. The first-order valence-electron chi connectivity index (χ1n) is 5.45. The number of aliphatic hydroxyl groups is 1. The molecule has 0 saturated carbocycles. The summed E-state index contributed by atoms with van der Waals surface area (Å²) in [5, 5.41) is 9.01. The molecule has 0 aliphatic carbocycles. The summed E-state index contributed by atoms with van der Waals surface area (Å²) in [6, 6.07) is 8.45. The lowest BCUT2D eigenvalue weighted by Crippen LogP contribution is -2.35. The van der Waals surface area contributed by atoms with Gasteiger partial charge in [0.25, 0.3) is 0 Å². The van der Waals surface area contributed by atoms with Crippen LogP contribution in [0.1, 0.15) is 25.8 Å². The van der Waals surface area contributed by atoms with E-state index in [4.69, 9.17) is 5.11 Å². The zero-order chi connectivity index (χ0) is 10.9. The van der Waals surface area contributed by atoms with Crippen molar-refractivity contribution in [3.05, 3.63) is 36.4 Å². The highest BCUT2D eigenvalue weighted by Crippen LogP contribution is 2.40. The van der Waals surface area contributed by atoms with E-state index in [1.165, 1.54) is 11.3 Å². The molecule has 0 amide bonds. The van der Waals surface area contributed by atoms with E-state index in [1.54, 1.807) is 0 Å². The Balaban J connectivity index is 2.39. The van der Waals surface area contributed by atoms with E-state index in [-0.39, 0.29) is 12.0 Å². The van der Waals surface area contributed by atoms with Gasteiger partial charge in [0, 0.05) is 12.2 Å². The zero-order valence-electron chi connectivity index (χ0n) is 9.40. The van der Waals surface area contributed by atoms with Crippen LogP contribution in [0.4, 0.5) is 5.69 Å². The molecule has 0 fully saturated rings. The Hall–Kier alpha value is -1.02.